The molecule has 0 aromatic heterocycles. The van der Waals surface area contributed by atoms with Gasteiger partial charge in [-0.1, -0.05) is 6.42 Å². The molecule has 1 heterocycles. The molecule has 190 valence electrons. The molecule has 0 aromatic rings. The van der Waals surface area contributed by atoms with Crippen LogP contribution in [0.15, 0.2) is 0 Å². The summed E-state index contributed by atoms with van der Waals surface area (Å²) >= 11 is 0. The van der Waals surface area contributed by atoms with Crippen molar-refractivity contribution in [2.75, 3.05) is 78.5 Å². The zero-order chi connectivity index (χ0) is 24.8. The molecule has 1 aliphatic heterocycles. The maximum atomic E-state index is 12.0. The average molecular weight is 476 g/mol. The normalized spacial score (nSPS) is 19.3. The van der Waals surface area contributed by atoms with E-state index in [-0.39, 0.29) is 58.9 Å². The van der Waals surface area contributed by atoms with Crippen molar-refractivity contribution in [3.05, 3.63) is 0 Å². The minimum Gasteiger partial charge on any atom is -0.480 e. The van der Waals surface area contributed by atoms with Gasteiger partial charge in [0.05, 0.1) is 19.6 Å². The van der Waals surface area contributed by atoms with Crippen LogP contribution < -0.4 is 5.73 Å². The molecule has 1 fully saturated rings. The topological polar surface area (TPSA) is 188 Å². The fraction of sp³-hybridized carbons (Fsp3) is 0.800. The second kappa shape index (κ2) is 15.5. The molecule has 1 atom stereocenters. The number of hydrogen-bond acceptors (Lipinski definition) is 9. The highest BCUT2D eigenvalue weighted by molar-refractivity contribution is 5.73. The SMILES string of the molecule is NCCCCC(C(=O)O)N1CCN(CC(=O)O)CCN(CC(=O)O)CCN(CC(=O)O)CC1. The monoisotopic (exact) mass is 475 g/mol. The van der Waals surface area contributed by atoms with E-state index in [2.05, 4.69) is 0 Å². The molecule has 1 saturated heterocycles. The highest BCUT2D eigenvalue weighted by atomic mass is 16.4. The van der Waals surface area contributed by atoms with Crippen molar-refractivity contribution in [3.63, 3.8) is 0 Å². The molecule has 13 heteroatoms. The molecule has 0 bridgehead atoms. The quantitative estimate of drug-likeness (QED) is 0.196. The number of carboxylic acid groups (broad SMARTS) is 4. The van der Waals surface area contributed by atoms with Gasteiger partial charge in [0.15, 0.2) is 0 Å². The molecule has 0 saturated carbocycles. The third-order valence-electron chi connectivity index (χ3n) is 5.61. The summed E-state index contributed by atoms with van der Waals surface area (Å²) in [6, 6.07) is -0.790. The summed E-state index contributed by atoms with van der Waals surface area (Å²) in [4.78, 5) is 52.6. The Morgan fingerprint density at radius 1 is 0.636 bits per heavy atom. The Morgan fingerprint density at radius 2 is 1.00 bits per heavy atom. The van der Waals surface area contributed by atoms with Crippen molar-refractivity contribution in [1.29, 1.82) is 0 Å². The first-order valence-corrected chi connectivity index (χ1v) is 11.1. The van der Waals surface area contributed by atoms with Gasteiger partial charge in [0, 0.05) is 52.4 Å². The number of carboxylic acids is 4. The maximum Gasteiger partial charge on any atom is 0.320 e. The fourth-order valence-electron chi connectivity index (χ4n) is 3.86. The molecule has 0 amide bonds. The van der Waals surface area contributed by atoms with Crippen molar-refractivity contribution in [3.8, 4) is 0 Å². The van der Waals surface area contributed by atoms with Gasteiger partial charge >= 0.3 is 23.9 Å². The lowest BCUT2D eigenvalue weighted by Crippen LogP contribution is -2.51. The third kappa shape index (κ3) is 12.5. The van der Waals surface area contributed by atoms with E-state index in [0.717, 1.165) is 0 Å². The highest BCUT2D eigenvalue weighted by Crippen LogP contribution is 2.11. The van der Waals surface area contributed by atoms with Gasteiger partial charge in [-0.2, -0.15) is 0 Å². The van der Waals surface area contributed by atoms with E-state index < -0.39 is 29.9 Å². The Bertz CT molecular complexity index is 618. The van der Waals surface area contributed by atoms with Crippen LogP contribution in [0, 0.1) is 0 Å². The van der Waals surface area contributed by atoms with E-state index in [4.69, 9.17) is 5.73 Å². The van der Waals surface area contributed by atoms with E-state index >= 15 is 0 Å². The van der Waals surface area contributed by atoms with Crippen molar-refractivity contribution in [2.45, 2.75) is 25.3 Å². The highest BCUT2D eigenvalue weighted by Gasteiger charge is 2.27. The molecule has 13 nitrogen and oxygen atoms in total. The third-order valence-corrected chi connectivity index (χ3v) is 5.61. The maximum absolute atomic E-state index is 12.0. The van der Waals surface area contributed by atoms with Crippen molar-refractivity contribution >= 4 is 23.9 Å². The summed E-state index contributed by atoms with van der Waals surface area (Å²) in [5, 5.41) is 37.5. The lowest BCUT2D eigenvalue weighted by atomic mass is 10.1. The number of nitrogens with zero attached hydrogens (tertiary/aromatic N) is 4. The Hall–Kier alpha value is -2.32. The predicted molar refractivity (Wildman–Crippen MR) is 118 cm³/mol. The molecule has 0 aliphatic carbocycles. The van der Waals surface area contributed by atoms with Gasteiger partial charge < -0.3 is 26.2 Å². The Morgan fingerprint density at radius 3 is 1.30 bits per heavy atom. The van der Waals surface area contributed by atoms with E-state index in [9.17, 15) is 39.6 Å². The van der Waals surface area contributed by atoms with E-state index in [1.807, 2.05) is 0 Å². The number of carbonyl (C=O) groups is 4. The smallest absolute Gasteiger partial charge is 0.320 e. The van der Waals surface area contributed by atoms with Gasteiger partial charge in [0.1, 0.15) is 6.04 Å². The molecular formula is C20H37N5O8. The van der Waals surface area contributed by atoms with Crippen LogP contribution in [0.25, 0.3) is 0 Å². The largest absolute Gasteiger partial charge is 0.480 e. The Kier molecular flexibility index (Phi) is 13.5. The van der Waals surface area contributed by atoms with Gasteiger partial charge in [0.25, 0.3) is 0 Å². The number of aliphatic carboxylic acids is 4. The fourth-order valence-corrected chi connectivity index (χ4v) is 3.86. The summed E-state index contributed by atoms with van der Waals surface area (Å²) in [5.41, 5.74) is 5.53. The minimum atomic E-state index is -1.02. The second-order valence-electron chi connectivity index (χ2n) is 8.18. The first-order valence-electron chi connectivity index (χ1n) is 11.1. The van der Waals surface area contributed by atoms with Gasteiger partial charge in [-0.25, -0.2) is 0 Å². The average Bonchev–Trinajstić information content (AvgIpc) is 2.70. The number of rotatable bonds is 12. The van der Waals surface area contributed by atoms with E-state index in [1.165, 1.54) is 0 Å². The van der Waals surface area contributed by atoms with Gasteiger partial charge in [-0.15, -0.1) is 0 Å². The Balaban J connectivity index is 3.07. The van der Waals surface area contributed by atoms with Gasteiger partial charge in [0.2, 0.25) is 0 Å². The molecule has 33 heavy (non-hydrogen) atoms. The van der Waals surface area contributed by atoms with Crippen LogP contribution in [0.5, 0.6) is 0 Å². The molecule has 1 aliphatic rings. The first kappa shape index (κ1) is 28.7. The van der Waals surface area contributed by atoms with Gasteiger partial charge in [-0.05, 0) is 19.4 Å². The van der Waals surface area contributed by atoms with Crippen molar-refractivity contribution < 1.29 is 39.6 Å². The molecule has 1 unspecified atom stereocenters. The summed E-state index contributed by atoms with van der Waals surface area (Å²) in [6.45, 7) is 2.02. The van der Waals surface area contributed by atoms with E-state index in [0.29, 0.717) is 38.9 Å². The zero-order valence-corrected chi connectivity index (χ0v) is 19.0. The number of unbranched alkanes of at least 4 members (excludes halogenated alkanes) is 1. The number of nitrogens with two attached hydrogens (primary N) is 1. The molecule has 0 aromatic carbocycles. The van der Waals surface area contributed by atoms with Gasteiger partial charge in [-0.3, -0.25) is 38.8 Å². The lowest BCUT2D eigenvalue weighted by Gasteiger charge is -2.35. The van der Waals surface area contributed by atoms with E-state index in [1.54, 1.807) is 19.6 Å². The summed E-state index contributed by atoms with van der Waals surface area (Å²) < 4.78 is 0. The van der Waals surface area contributed by atoms with Crippen molar-refractivity contribution in [2.24, 2.45) is 5.73 Å². The summed E-state index contributed by atoms with van der Waals surface area (Å²) in [5.74, 6) is -4.06. The van der Waals surface area contributed by atoms with Crippen LogP contribution in [-0.4, -0.2) is 148 Å². The van der Waals surface area contributed by atoms with Crippen LogP contribution in [0.4, 0.5) is 0 Å². The second-order valence-corrected chi connectivity index (χ2v) is 8.18. The van der Waals surface area contributed by atoms with Crippen LogP contribution >= 0.6 is 0 Å². The molecule has 6 N–H and O–H groups in total. The first-order chi connectivity index (χ1) is 15.6. The molecule has 0 radical (unpaired) electrons. The summed E-state index contributed by atoms with van der Waals surface area (Å²) in [6.07, 6.45) is 1.70. The standard InChI is InChI=1S/C20H37N5O8/c21-4-2-1-3-16(20(32)33)25-11-9-23(14-18(28)29)7-5-22(13-17(26)27)6-8-24(10-12-25)15-19(30)31/h16H,1-15,21H2,(H,26,27)(H,28,29)(H,30,31)(H,32,33). The lowest BCUT2D eigenvalue weighted by molar-refractivity contribution is -0.145. The van der Waals surface area contributed by atoms with Crippen LogP contribution in [0.2, 0.25) is 0 Å². The van der Waals surface area contributed by atoms with Crippen LogP contribution in [0.3, 0.4) is 0 Å². The Labute approximate surface area is 193 Å². The zero-order valence-electron chi connectivity index (χ0n) is 19.0. The number of hydrogen-bond donors (Lipinski definition) is 5. The van der Waals surface area contributed by atoms with Crippen molar-refractivity contribution in [1.82, 2.24) is 19.6 Å². The van der Waals surface area contributed by atoms with Crippen LogP contribution in [0.1, 0.15) is 19.3 Å². The summed E-state index contributed by atoms with van der Waals surface area (Å²) in [7, 11) is 0. The molecular weight excluding hydrogens is 438 g/mol. The van der Waals surface area contributed by atoms with Crippen LogP contribution in [-0.2, 0) is 19.2 Å². The predicted octanol–water partition coefficient (Wildman–Crippen LogP) is -1.96. The molecule has 1 rings (SSSR count). The molecule has 0 spiro atoms. The minimum absolute atomic E-state index is 0.240.